The summed E-state index contributed by atoms with van der Waals surface area (Å²) < 4.78 is 5.10. The Bertz CT molecular complexity index is 932. The van der Waals surface area contributed by atoms with Crippen molar-refractivity contribution in [3.05, 3.63) is 60.2 Å². The van der Waals surface area contributed by atoms with Crippen LogP contribution in [-0.4, -0.2) is 29.0 Å². The monoisotopic (exact) mass is 377 g/mol. The number of anilines is 4. The van der Waals surface area contributed by atoms with Crippen LogP contribution in [0.5, 0.6) is 0 Å². The summed E-state index contributed by atoms with van der Waals surface area (Å²) in [6.07, 6.45) is 5.12. The maximum atomic E-state index is 12.0. The van der Waals surface area contributed by atoms with Crippen molar-refractivity contribution >= 4 is 29.0 Å². The van der Waals surface area contributed by atoms with E-state index < -0.39 is 0 Å². The molecule has 1 saturated heterocycles. The number of amides is 1. The number of furan rings is 1. The Balaban J connectivity index is 1.44. The highest BCUT2D eigenvalue weighted by molar-refractivity contribution is 6.02. The van der Waals surface area contributed by atoms with Gasteiger partial charge in [0.05, 0.1) is 6.26 Å². The summed E-state index contributed by atoms with van der Waals surface area (Å²) in [6.45, 7) is 3.99. The first-order chi connectivity index (χ1) is 13.7. The van der Waals surface area contributed by atoms with Gasteiger partial charge in [-0.2, -0.15) is 4.98 Å². The fourth-order valence-electron chi connectivity index (χ4n) is 3.24. The van der Waals surface area contributed by atoms with Crippen LogP contribution in [0.15, 0.2) is 53.1 Å². The van der Waals surface area contributed by atoms with Crippen LogP contribution in [0.2, 0.25) is 0 Å². The van der Waals surface area contributed by atoms with Crippen molar-refractivity contribution in [2.75, 3.05) is 28.6 Å². The Kier molecular flexibility index (Phi) is 5.23. The zero-order valence-corrected chi connectivity index (χ0v) is 15.8. The highest BCUT2D eigenvalue weighted by atomic mass is 16.3. The predicted molar refractivity (Wildman–Crippen MR) is 109 cm³/mol. The molecular formula is C21H23N5O2. The normalized spacial score (nSPS) is 14.0. The van der Waals surface area contributed by atoms with E-state index in [4.69, 9.17) is 4.42 Å². The minimum atomic E-state index is -0.275. The first-order valence-electron chi connectivity index (χ1n) is 9.50. The molecule has 4 rings (SSSR count). The number of hydrogen-bond donors (Lipinski definition) is 2. The second-order valence-corrected chi connectivity index (χ2v) is 6.88. The van der Waals surface area contributed by atoms with Crippen molar-refractivity contribution in [2.24, 2.45) is 0 Å². The van der Waals surface area contributed by atoms with Gasteiger partial charge in [-0.15, -0.1) is 0 Å². The topological polar surface area (TPSA) is 83.3 Å². The fourth-order valence-corrected chi connectivity index (χ4v) is 3.24. The van der Waals surface area contributed by atoms with Gasteiger partial charge < -0.3 is 20.0 Å². The molecule has 0 unspecified atom stereocenters. The van der Waals surface area contributed by atoms with Gasteiger partial charge in [0.1, 0.15) is 5.82 Å². The molecule has 1 amide bonds. The van der Waals surface area contributed by atoms with Crippen LogP contribution in [0, 0.1) is 6.92 Å². The maximum Gasteiger partial charge on any atom is 0.291 e. The van der Waals surface area contributed by atoms with E-state index in [0.717, 1.165) is 36.2 Å². The van der Waals surface area contributed by atoms with Crippen LogP contribution in [0.25, 0.3) is 0 Å². The number of nitrogens with one attached hydrogen (secondary N) is 2. The Morgan fingerprint density at radius 1 is 1.04 bits per heavy atom. The molecular weight excluding hydrogens is 354 g/mol. The minimum absolute atomic E-state index is 0.275. The predicted octanol–water partition coefficient (Wildman–Crippen LogP) is 4.36. The van der Waals surface area contributed by atoms with Gasteiger partial charge in [0, 0.05) is 36.2 Å². The summed E-state index contributed by atoms with van der Waals surface area (Å²) in [4.78, 5) is 23.5. The van der Waals surface area contributed by atoms with E-state index in [0.29, 0.717) is 5.69 Å². The van der Waals surface area contributed by atoms with Gasteiger partial charge in [-0.05, 0) is 62.6 Å². The van der Waals surface area contributed by atoms with Crippen LogP contribution < -0.4 is 15.5 Å². The zero-order valence-electron chi connectivity index (χ0n) is 15.8. The molecule has 3 aromatic rings. The lowest BCUT2D eigenvalue weighted by atomic mass is 10.1. The number of nitrogens with zero attached hydrogens (tertiary/aromatic N) is 3. The first-order valence-corrected chi connectivity index (χ1v) is 9.50. The van der Waals surface area contributed by atoms with Crippen LogP contribution >= 0.6 is 0 Å². The van der Waals surface area contributed by atoms with Crippen molar-refractivity contribution in [2.45, 2.75) is 26.2 Å². The van der Waals surface area contributed by atoms with Crippen molar-refractivity contribution in [1.29, 1.82) is 0 Å². The van der Waals surface area contributed by atoms with Crippen molar-refractivity contribution < 1.29 is 9.21 Å². The molecule has 2 N–H and O–H groups in total. The van der Waals surface area contributed by atoms with Gasteiger partial charge in [-0.3, -0.25) is 4.79 Å². The zero-order chi connectivity index (χ0) is 19.3. The first kappa shape index (κ1) is 18.0. The van der Waals surface area contributed by atoms with Gasteiger partial charge >= 0.3 is 0 Å². The van der Waals surface area contributed by atoms with Gasteiger partial charge in [-0.25, -0.2) is 4.98 Å². The lowest BCUT2D eigenvalue weighted by molar-refractivity contribution is 0.0996. The molecule has 0 bridgehead atoms. The van der Waals surface area contributed by atoms with Crippen molar-refractivity contribution in [3.63, 3.8) is 0 Å². The van der Waals surface area contributed by atoms with Gasteiger partial charge in [0.15, 0.2) is 5.76 Å². The summed E-state index contributed by atoms with van der Waals surface area (Å²) in [7, 11) is 0. The number of aromatic nitrogens is 2. The number of aryl methyl sites for hydroxylation is 1. The lowest BCUT2D eigenvalue weighted by Crippen LogP contribution is -2.31. The van der Waals surface area contributed by atoms with Crippen molar-refractivity contribution in [1.82, 2.24) is 9.97 Å². The third-order valence-corrected chi connectivity index (χ3v) is 4.64. The molecule has 0 radical (unpaired) electrons. The molecule has 1 aliphatic heterocycles. The second kappa shape index (κ2) is 8.12. The Morgan fingerprint density at radius 2 is 1.79 bits per heavy atom. The molecule has 3 heterocycles. The van der Waals surface area contributed by atoms with Crippen molar-refractivity contribution in [3.8, 4) is 0 Å². The smallest absolute Gasteiger partial charge is 0.291 e. The van der Waals surface area contributed by atoms with Crippen LogP contribution in [0.1, 0.15) is 35.5 Å². The summed E-state index contributed by atoms with van der Waals surface area (Å²) in [6, 6.07) is 12.7. The Morgan fingerprint density at radius 3 is 2.50 bits per heavy atom. The molecule has 0 spiro atoms. The van der Waals surface area contributed by atoms with E-state index in [1.54, 1.807) is 12.1 Å². The average molecular weight is 377 g/mol. The van der Waals surface area contributed by atoms with Gasteiger partial charge in [-0.1, -0.05) is 0 Å². The number of rotatable bonds is 5. The van der Waals surface area contributed by atoms with E-state index in [2.05, 4.69) is 25.5 Å². The number of piperidine rings is 1. The van der Waals surface area contributed by atoms with E-state index >= 15 is 0 Å². The standard InChI is InChI=1S/C21H23N5O2/c1-15-14-19(25-21(22-15)26-11-3-2-4-12-26)23-16-7-9-17(10-8-16)24-20(27)18-6-5-13-28-18/h5-10,13-14H,2-4,11-12H2,1H3,(H,24,27)(H,22,23,25). The number of hydrogen-bond acceptors (Lipinski definition) is 6. The van der Waals surface area contributed by atoms with Crippen LogP contribution in [0.4, 0.5) is 23.1 Å². The third-order valence-electron chi connectivity index (χ3n) is 4.64. The van der Waals surface area contributed by atoms with Crippen LogP contribution in [-0.2, 0) is 0 Å². The molecule has 144 valence electrons. The van der Waals surface area contributed by atoms with E-state index in [9.17, 15) is 4.79 Å². The summed E-state index contributed by atoms with van der Waals surface area (Å²) in [5, 5.41) is 6.13. The molecule has 7 heteroatoms. The largest absolute Gasteiger partial charge is 0.459 e. The third kappa shape index (κ3) is 4.31. The summed E-state index contributed by atoms with van der Waals surface area (Å²) in [5.41, 5.74) is 2.51. The molecule has 1 aliphatic rings. The highest BCUT2D eigenvalue weighted by Gasteiger charge is 2.15. The minimum Gasteiger partial charge on any atom is -0.459 e. The molecule has 7 nitrogen and oxygen atoms in total. The average Bonchev–Trinajstić information content (AvgIpc) is 3.25. The highest BCUT2D eigenvalue weighted by Crippen LogP contribution is 2.22. The Labute approximate surface area is 163 Å². The summed E-state index contributed by atoms with van der Waals surface area (Å²) >= 11 is 0. The van der Waals surface area contributed by atoms with Gasteiger partial charge in [0.25, 0.3) is 5.91 Å². The number of carbonyl (C=O) groups excluding carboxylic acids is 1. The van der Waals surface area contributed by atoms with Gasteiger partial charge in [0.2, 0.25) is 5.95 Å². The molecule has 0 saturated carbocycles. The van der Waals surface area contributed by atoms with E-state index in [-0.39, 0.29) is 11.7 Å². The molecule has 1 fully saturated rings. The fraction of sp³-hybridized carbons (Fsp3) is 0.286. The molecule has 1 aromatic carbocycles. The molecule has 0 aliphatic carbocycles. The maximum absolute atomic E-state index is 12.0. The lowest BCUT2D eigenvalue weighted by Gasteiger charge is -2.27. The SMILES string of the molecule is Cc1cc(Nc2ccc(NC(=O)c3ccco3)cc2)nc(N2CCCCC2)n1. The molecule has 28 heavy (non-hydrogen) atoms. The molecule has 2 aromatic heterocycles. The number of carbonyl (C=O) groups is 1. The number of benzene rings is 1. The van der Waals surface area contributed by atoms with E-state index in [1.807, 2.05) is 37.3 Å². The second-order valence-electron chi connectivity index (χ2n) is 6.88. The van der Waals surface area contributed by atoms with Crippen LogP contribution in [0.3, 0.4) is 0 Å². The van der Waals surface area contributed by atoms with E-state index in [1.165, 1.54) is 25.5 Å². The Hall–Kier alpha value is -3.35. The summed E-state index contributed by atoms with van der Waals surface area (Å²) in [5.74, 6) is 1.55. The quantitative estimate of drug-likeness (QED) is 0.687. The molecule has 0 atom stereocenters.